The molecule has 5 rings (SSSR count). The molecule has 3 aromatic carbocycles. The second-order valence-corrected chi connectivity index (χ2v) is 9.94. The lowest BCUT2D eigenvalue weighted by molar-refractivity contribution is -0.137. The van der Waals surface area contributed by atoms with E-state index >= 15 is 0 Å². The van der Waals surface area contributed by atoms with E-state index in [1.807, 2.05) is 6.08 Å². The molecule has 3 aromatic rings. The van der Waals surface area contributed by atoms with Gasteiger partial charge >= 0.3 is 5.97 Å². The summed E-state index contributed by atoms with van der Waals surface area (Å²) in [5.74, 6) is -1.87. The lowest BCUT2D eigenvalue weighted by Gasteiger charge is -2.29. The third-order valence-electron chi connectivity index (χ3n) is 6.57. The van der Waals surface area contributed by atoms with Gasteiger partial charge in [-0.25, -0.2) is 18.6 Å². The molecule has 2 atom stereocenters. The van der Waals surface area contributed by atoms with E-state index in [1.165, 1.54) is 29.3 Å². The van der Waals surface area contributed by atoms with Gasteiger partial charge in [-0.2, -0.15) is 5.10 Å². The summed E-state index contributed by atoms with van der Waals surface area (Å²) in [6.45, 7) is -0.483. The summed E-state index contributed by atoms with van der Waals surface area (Å²) < 4.78 is 33.1. The van der Waals surface area contributed by atoms with Crippen LogP contribution in [0.2, 0.25) is 0 Å². The first-order valence-corrected chi connectivity index (χ1v) is 12.7. The molecule has 5 nitrogen and oxygen atoms in total. The average Bonchev–Trinajstić information content (AvgIpc) is 3.29. The van der Waals surface area contributed by atoms with Crippen LogP contribution < -0.4 is 0 Å². The fourth-order valence-electron chi connectivity index (χ4n) is 4.85. The summed E-state index contributed by atoms with van der Waals surface area (Å²) in [4.78, 5) is 25.9. The van der Waals surface area contributed by atoms with Crippen LogP contribution in [0.25, 0.3) is 6.08 Å². The number of carbonyl (C=O) groups excluding carboxylic acids is 2. The number of amides is 1. The van der Waals surface area contributed by atoms with Crippen molar-refractivity contribution in [1.82, 2.24) is 5.01 Å². The van der Waals surface area contributed by atoms with E-state index in [2.05, 4.69) is 15.9 Å². The number of hydrogen-bond donors (Lipinski definition) is 0. The molecule has 0 aromatic heterocycles. The van der Waals surface area contributed by atoms with Gasteiger partial charge in [0.25, 0.3) is 5.91 Å². The van der Waals surface area contributed by atoms with E-state index < -0.39 is 24.5 Å². The van der Waals surface area contributed by atoms with E-state index in [4.69, 9.17) is 9.84 Å². The number of allylic oxidation sites excluding steroid dienone is 1. The first kappa shape index (κ1) is 25.0. The zero-order valence-corrected chi connectivity index (χ0v) is 21.3. The Kier molecular flexibility index (Phi) is 7.28. The normalized spacial score (nSPS) is 19.9. The number of nitrogens with zero attached hydrogens (tertiary/aromatic N) is 2. The van der Waals surface area contributed by atoms with Crippen LogP contribution in [0.4, 0.5) is 8.78 Å². The number of rotatable bonds is 5. The summed E-state index contributed by atoms with van der Waals surface area (Å²) in [7, 11) is 0. The monoisotopic (exact) mass is 564 g/mol. The highest BCUT2D eigenvalue weighted by atomic mass is 79.9. The van der Waals surface area contributed by atoms with Crippen molar-refractivity contribution in [3.8, 4) is 0 Å². The summed E-state index contributed by atoms with van der Waals surface area (Å²) in [6.07, 6.45) is 4.41. The Labute approximate surface area is 221 Å². The predicted octanol–water partition coefficient (Wildman–Crippen LogP) is 6.71. The third-order valence-corrected chi connectivity index (χ3v) is 7.06. The van der Waals surface area contributed by atoms with Crippen LogP contribution in [-0.4, -0.2) is 29.2 Å². The molecule has 188 valence electrons. The Bertz CT molecular complexity index is 1390. The first-order valence-electron chi connectivity index (χ1n) is 11.9. The molecule has 1 aliphatic carbocycles. The first-order chi connectivity index (χ1) is 17.9. The number of carbonyl (C=O) groups is 2. The van der Waals surface area contributed by atoms with Crippen molar-refractivity contribution in [1.29, 1.82) is 0 Å². The van der Waals surface area contributed by atoms with E-state index in [-0.39, 0.29) is 17.6 Å². The molecule has 1 aliphatic heterocycles. The second-order valence-electron chi connectivity index (χ2n) is 9.03. The molecule has 2 unspecified atom stereocenters. The van der Waals surface area contributed by atoms with Crippen molar-refractivity contribution in [2.45, 2.75) is 25.3 Å². The van der Waals surface area contributed by atoms with Crippen LogP contribution in [0.3, 0.4) is 0 Å². The Balaban J connectivity index is 1.43. The van der Waals surface area contributed by atoms with Crippen LogP contribution in [0.15, 0.2) is 87.9 Å². The number of ether oxygens (including phenoxy) is 1. The zero-order chi connectivity index (χ0) is 25.9. The molecule has 37 heavy (non-hydrogen) atoms. The lowest BCUT2D eigenvalue weighted by Crippen LogP contribution is -2.34. The topological polar surface area (TPSA) is 59.0 Å². The predicted molar refractivity (Wildman–Crippen MR) is 140 cm³/mol. The summed E-state index contributed by atoms with van der Waals surface area (Å²) in [5, 5.41) is 6.08. The fraction of sp³-hybridized carbons (Fsp3) is 0.207. The van der Waals surface area contributed by atoms with Gasteiger partial charge in [0.2, 0.25) is 0 Å². The highest BCUT2D eigenvalue weighted by Gasteiger charge is 2.43. The zero-order valence-electron chi connectivity index (χ0n) is 19.7. The van der Waals surface area contributed by atoms with Gasteiger partial charge in [-0.15, -0.1) is 0 Å². The molecule has 1 fully saturated rings. The molecule has 1 heterocycles. The molecule has 0 spiro atoms. The van der Waals surface area contributed by atoms with Gasteiger partial charge in [0, 0.05) is 10.4 Å². The maximum absolute atomic E-state index is 13.7. The van der Waals surface area contributed by atoms with Gasteiger partial charge in [0.1, 0.15) is 11.6 Å². The second kappa shape index (κ2) is 10.8. The number of esters is 1. The van der Waals surface area contributed by atoms with Gasteiger partial charge in [-0.1, -0.05) is 46.3 Å². The van der Waals surface area contributed by atoms with Crippen LogP contribution in [0.1, 0.15) is 46.8 Å². The Morgan fingerprint density at radius 2 is 1.73 bits per heavy atom. The van der Waals surface area contributed by atoms with Gasteiger partial charge in [0.15, 0.2) is 6.61 Å². The standard InChI is InChI=1S/C29H23BrF2N2O3/c30-22-5-1-4-21(16-22)29(36)37-17-26(35)34-28(19-9-13-24(32)14-10-19)25-6-2-3-20(27(25)33-34)15-18-7-11-23(31)12-8-18/h1,4-5,7-16,25,28H,2-3,6,17H2. The van der Waals surface area contributed by atoms with E-state index in [0.717, 1.165) is 46.1 Å². The number of hydrazone groups is 1. The number of fused-ring (bicyclic) bond motifs is 1. The smallest absolute Gasteiger partial charge is 0.338 e. The molecule has 1 amide bonds. The molecule has 0 bridgehead atoms. The number of halogens is 3. The quantitative estimate of drug-likeness (QED) is 0.324. The minimum Gasteiger partial charge on any atom is -0.452 e. The minimum absolute atomic E-state index is 0.101. The Morgan fingerprint density at radius 3 is 2.43 bits per heavy atom. The minimum atomic E-state index is -0.617. The van der Waals surface area contributed by atoms with E-state index in [1.54, 1.807) is 48.5 Å². The van der Waals surface area contributed by atoms with Crippen molar-refractivity contribution in [2.24, 2.45) is 11.0 Å². The van der Waals surface area contributed by atoms with Crippen LogP contribution in [-0.2, 0) is 9.53 Å². The maximum Gasteiger partial charge on any atom is 0.338 e. The molecular formula is C29H23BrF2N2O3. The highest BCUT2D eigenvalue weighted by Crippen LogP contribution is 2.44. The Hall–Kier alpha value is -3.65. The maximum atomic E-state index is 13.7. The average molecular weight is 565 g/mol. The molecule has 8 heteroatoms. The molecule has 0 N–H and O–H groups in total. The summed E-state index contributed by atoms with van der Waals surface area (Å²) >= 11 is 3.32. The highest BCUT2D eigenvalue weighted by molar-refractivity contribution is 9.10. The molecule has 0 saturated heterocycles. The van der Waals surface area contributed by atoms with Crippen LogP contribution >= 0.6 is 15.9 Å². The lowest BCUT2D eigenvalue weighted by atomic mass is 9.77. The third kappa shape index (κ3) is 5.54. The van der Waals surface area contributed by atoms with Crippen molar-refractivity contribution in [3.63, 3.8) is 0 Å². The van der Waals surface area contributed by atoms with Gasteiger partial charge in [0.05, 0.1) is 17.3 Å². The van der Waals surface area contributed by atoms with Crippen LogP contribution in [0.5, 0.6) is 0 Å². The van der Waals surface area contributed by atoms with E-state index in [9.17, 15) is 18.4 Å². The van der Waals surface area contributed by atoms with Crippen molar-refractivity contribution >= 4 is 39.6 Å². The molecule has 1 saturated carbocycles. The van der Waals surface area contributed by atoms with Crippen molar-refractivity contribution in [3.05, 3.63) is 111 Å². The van der Waals surface area contributed by atoms with Gasteiger partial charge in [-0.3, -0.25) is 4.79 Å². The molecular weight excluding hydrogens is 542 g/mol. The van der Waals surface area contributed by atoms with Gasteiger partial charge < -0.3 is 4.74 Å². The summed E-state index contributed by atoms with van der Waals surface area (Å²) in [5.41, 5.74) is 3.65. The SMILES string of the molecule is O=C(OCC(=O)N1N=C2C(=Cc3ccc(F)cc3)CCCC2C1c1ccc(F)cc1)c1cccc(Br)c1. The number of benzene rings is 3. The van der Waals surface area contributed by atoms with E-state index in [0.29, 0.717) is 5.56 Å². The molecule has 2 aliphatic rings. The van der Waals surface area contributed by atoms with Crippen molar-refractivity contribution in [2.75, 3.05) is 6.61 Å². The van der Waals surface area contributed by atoms with Crippen LogP contribution in [0, 0.1) is 17.6 Å². The largest absolute Gasteiger partial charge is 0.452 e. The molecule has 0 radical (unpaired) electrons. The number of hydrogen-bond acceptors (Lipinski definition) is 4. The Morgan fingerprint density at radius 1 is 1.03 bits per heavy atom. The van der Waals surface area contributed by atoms with Crippen molar-refractivity contribution < 1.29 is 23.1 Å². The fourth-order valence-corrected chi connectivity index (χ4v) is 5.25. The van der Waals surface area contributed by atoms with Gasteiger partial charge in [-0.05, 0) is 84.5 Å². The summed E-state index contributed by atoms with van der Waals surface area (Å²) in [6, 6.07) is 18.5.